The Morgan fingerprint density at radius 2 is 1.58 bits per heavy atom. The molecule has 2 aromatic carbocycles. The zero-order chi connectivity index (χ0) is 17.4. The highest BCUT2D eigenvalue weighted by atomic mass is 16.6. The van der Waals surface area contributed by atoms with Crippen LogP contribution in [0.4, 0.5) is 0 Å². The molecule has 0 amide bonds. The van der Waals surface area contributed by atoms with Crippen molar-refractivity contribution in [2.75, 3.05) is 13.2 Å². The molecule has 0 N–H and O–H groups in total. The van der Waals surface area contributed by atoms with E-state index in [1.54, 1.807) is 0 Å². The van der Waals surface area contributed by atoms with Crippen LogP contribution in [-0.4, -0.2) is 18.9 Å². The molecule has 2 aromatic rings. The lowest BCUT2D eigenvalue weighted by atomic mass is 9.86. The third-order valence-electron chi connectivity index (χ3n) is 3.78. The molecule has 0 saturated heterocycles. The second kappa shape index (κ2) is 8.53. The summed E-state index contributed by atoms with van der Waals surface area (Å²) in [5, 5.41) is 4.27. The van der Waals surface area contributed by atoms with Gasteiger partial charge in [-0.2, -0.15) is 0 Å². The minimum absolute atomic E-state index is 0.160. The summed E-state index contributed by atoms with van der Waals surface area (Å²) in [6.07, 6.45) is 0.828. The van der Waals surface area contributed by atoms with Crippen LogP contribution in [0.25, 0.3) is 0 Å². The number of hydrogen-bond donors (Lipinski definition) is 0. The van der Waals surface area contributed by atoms with Gasteiger partial charge in [-0.1, -0.05) is 75.3 Å². The molecule has 3 nitrogen and oxygen atoms in total. The summed E-state index contributed by atoms with van der Waals surface area (Å²) >= 11 is 0. The molecule has 0 aliphatic carbocycles. The fraction of sp³-hybridized carbons (Fsp3) is 0.381. The second-order valence-electron chi connectivity index (χ2n) is 6.71. The molecule has 0 unspecified atom stereocenters. The van der Waals surface area contributed by atoms with E-state index in [1.807, 2.05) is 30.3 Å². The quantitative estimate of drug-likeness (QED) is 0.398. The number of ether oxygens (including phenoxy) is 1. The van der Waals surface area contributed by atoms with Crippen molar-refractivity contribution in [1.82, 2.24) is 0 Å². The molecule has 0 heterocycles. The Morgan fingerprint density at radius 1 is 0.917 bits per heavy atom. The Morgan fingerprint density at radius 3 is 2.17 bits per heavy atom. The molecule has 0 bridgehead atoms. The lowest BCUT2D eigenvalue weighted by Crippen LogP contribution is -2.11. The summed E-state index contributed by atoms with van der Waals surface area (Å²) in [6.45, 7) is 9.64. The molecule has 0 radical (unpaired) electrons. The predicted octanol–water partition coefficient (Wildman–Crippen LogP) is 5.19. The maximum atomic E-state index is 5.59. The van der Waals surface area contributed by atoms with E-state index in [2.05, 4.69) is 57.1 Å². The normalized spacial score (nSPS) is 12.1. The smallest absolute Gasteiger partial charge is 0.151 e. The van der Waals surface area contributed by atoms with Crippen molar-refractivity contribution >= 4 is 5.71 Å². The average molecular weight is 325 g/mol. The van der Waals surface area contributed by atoms with Crippen LogP contribution in [0.2, 0.25) is 0 Å². The maximum absolute atomic E-state index is 5.59. The third kappa shape index (κ3) is 5.41. The number of oxime groups is 1. The molecule has 24 heavy (non-hydrogen) atoms. The molecular formula is C21H27NO2. The minimum atomic E-state index is 0.160. The summed E-state index contributed by atoms with van der Waals surface area (Å²) in [7, 11) is 0. The van der Waals surface area contributed by atoms with E-state index in [0.717, 1.165) is 23.4 Å². The van der Waals surface area contributed by atoms with Crippen LogP contribution in [0, 0.1) is 0 Å². The number of rotatable bonds is 7. The second-order valence-corrected chi connectivity index (χ2v) is 6.71. The van der Waals surface area contributed by atoms with Crippen molar-refractivity contribution < 1.29 is 9.57 Å². The Balaban J connectivity index is 1.87. The van der Waals surface area contributed by atoms with Crippen molar-refractivity contribution in [2.45, 2.75) is 39.5 Å². The van der Waals surface area contributed by atoms with Gasteiger partial charge in [-0.05, 0) is 35.1 Å². The first-order valence-corrected chi connectivity index (χ1v) is 8.48. The van der Waals surface area contributed by atoms with Gasteiger partial charge in [-0.15, -0.1) is 0 Å². The van der Waals surface area contributed by atoms with Crippen LogP contribution >= 0.6 is 0 Å². The molecule has 0 saturated carbocycles. The summed E-state index contributed by atoms with van der Waals surface area (Å²) in [5.74, 6) is 0.846. The van der Waals surface area contributed by atoms with Crippen molar-refractivity contribution in [2.24, 2.45) is 5.16 Å². The van der Waals surface area contributed by atoms with Crippen molar-refractivity contribution in [1.29, 1.82) is 0 Å². The monoisotopic (exact) mass is 325 g/mol. The Labute approximate surface area is 145 Å². The molecule has 0 aromatic heterocycles. The SMILES string of the molecule is CC/C(=N\OCCOc1ccccc1)c1ccc(C(C)(C)C)cc1. The van der Waals surface area contributed by atoms with Crippen molar-refractivity contribution in [3.8, 4) is 5.75 Å². The molecule has 2 rings (SSSR count). The topological polar surface area (TPSA) is 30.8 Å². The number of benzene rings is 2. The van der Waals surface area contributed by atoms with Gasteiger partial charge in [-0.3, -0.25) is 0 Å². The molecule has 0 spiro atoms. The molecule has 0 aliphatic heterocycles. The lowest BCUT2D eigenvalue weighted by molar-refractivity contribution is 0.107. The van der Waals surface area contributed by atoms with Gasteiger partial charge < -0.3 is 9.57 Å². The zero-order valence-corrected chi connectivity index (χ0v) is 15.1. The van der Waals surface area contributed by atoms with Crippen LogP contribution < -0.4 is 4.74 Å². The van der Waals surface area contributed by atoms with Crippen LogP contribution in [0.5, 0.6) is 5.75 Å². The highest BCUT2D eigenvalue weighted by Crippen LogP contribution is 2.22. The third-order valence-corrected chi connectivity index (χ3v) is 3.78. The highest BCUT2D eigenvalue weighted by molar-refractivity contribution is 6.00. The highest BCUT2D eigenvalue weighted by Gasteiger charge is 2.13. The summed E-state index contributed by atoms with van der Waals surface area (Å²) in [5.41, 5.74) is 3.54. The van der Waals surface area contributed by atoms with Gasteiger partial charge in [0, 0.05) is 0 Å². The van der Waals surface area contributed by atoms with Crippen LogP contribution in [0.15, 0.2) is 59.8 Å². The fourth-order valence-electron chi connectivity index (χ4n) is 2.32. The number of nitrogens with zero attached hydrogens (tertiary/aromatic N) is 1. The molecule has 3 heteroatoms. The minimum Gasteiger partial charge on any atom is -0.490 e. The van der Waals surface area contributed by atoms with Gasteiger partial charge in [0.05, 0.1) is 5.71 Å². The Hall–Kier alpha value is -2.29. The van der Waals surface area contributed by atoms with Crippen LogP contribution in [0.3, 0.4) is 0 Å². The summed E-state index contributed by atoms with van der Waals surface area (Å²) < 4.78 is 5.59. The molecule has 0 atom stereocenters. The number of hydrogen-bond acceptors (Lipinski definition) is 3. The maximum Gasteiger partial charge on any atom is 0.151 e. The average Bonchev–Trinajstić information content (AvgIpc) is 2.58. The zero-order valence-electron chi connectivity index (χ0n) is 15.1. The standard InChI is InChI=1S/C21H27NO2/c1-5-20(17-11-13-18(14-12-17)21(2,3)4)22-24-16-15-23-19-9-7-6-8-10-19/h6-14H,5,15-16H2,1-4H3/b22-20+. The summed E-state index contributed by atoms with van der Waals surface area (Å²) in [4.78, 5) is 5.42. The predicted molar refractivity (Wildman–Crippen MR) is 99.9 cm³/mol. The van der Waals surface area contributed by atoms with E-state index in [9.17, 15) is 0 Å². The van der Waals surface area contributed by atoms with Gasteiger partial charge >= 0.3 is 0 Å². The van der Waals surface area contributed by atoms with Crippen LogP contribution in [-0.2, 0) is 10.3 Å². The van der Waals surface area contributed by atoms with E-state index < -0.39 is 0 Å². The van der Waals surface area contributed by atoms with Gasteiger partial charge in [0.25, 0.3) is 0 Å². The van der Waals surface area contributed by atoms with Gasteiger partial charge in [-0.25, -0.2) is 0 Å². The molecule has 0 aliphatic rings. The van der Waals surface area contributed by atoms with Crippen molar-refractivity contribution in [3.05, 3.63) is 65.7 Å². The van der Waals surface area contributed by atoms with E-state index >= 15 is 0 Å². The van der Waals surface area contributed by atoms with E-state index in [-0.39, 0.29) is 5.41 Å². The Bertz CT molecular complexity index is 640. The Kier molecular flexibility index (Phi) is 6.42. The lowest BCUT2D eigenvalue weighted by Gasteiger charge is -2.19. The van der Waals surface area contributed by atoms with Gasteiger partial charge in [0.2, 0.25) is 0 Å². The largest absolute Gasteiger partial charge is 0.490 e. The van der Waals surface area contributed by atoms with E-state index in [4.69, 9.17) is 9.57 Å². The molecular weight excluding hydrogens is 298 g/mol. The first kappa shape index (κ1) is 18.1. The van der Waals surface area contributed by atoms with E-state index in [1.165, 1.54) is 5.56 Å². The summed E-state index contributed by atoms with van der Waals surface area (Å²) in [6, 6.07) is 18.3. The molecule has 128 valence electrons. The number of para-hydroxylation sites is 1. The van der Waals surface area contributed by atoms with Crippen LogP contribution in [0.1, 0.15) is 45.2 Å². The fourth-order valence-corrected chi connectivity index (χ4v) is 2.32. The van der Waals surface area contributed by atoms with Crippen molar-refractivity contribution in [3.63, 3.8) is 0 Å². The first-order chi connectivity index (χ1) is 11.5. The van der Waals surface area contributed by atoms with Gasteiger partial charge in [0.1, 0.15) is 12.4 Å². The molecule has 0 fully saturated rings. The first-order valence-electron chi connectivity index (χ1n) is 8.48. The van der Waals surface area contributed by atoms with Gasteiger partial charge in [0.15, 0.2) is 6.61 Å². The van der Waals surface area contributed by atoms with E-state index in [0.29, 0.717) is 13.2 Å².